The molecule has 0 amide bonds. The summed E-state index contributed by atoms with van der Waals surface area (Å²) in [6, 6.07) is 16.3. The third-order valence-electron chi connectivity index (χ3n) is 3.05. The summed E-state index contributed by atoms with van der Waals surface area (Å²) in [6.07, 6.45) is 3.65. The first-order valence-electron chi connectivity index (χ1n) is 6.40. The molecule has 4 heteroatoms. The van der Waals surface area contributed by atoms with Gasteiger partial charge in [0.2, 0.25) is 0 Å². The van der Waals surface area contributed by atoms with Crippen LogP contribution >= 0.6 is 0 Å². The van der Waals surface area contributed by atoms with Gasteiger partial charge in [0.25, 0.3) is 0 Å². The average molecular weight is 267 g/mol. The lowest BCUT2D eigenvalue weighted by molar-refractivity contribution is 0.627. The Morgan fingerprint density at radius 1 is 1.00 bits per heavy atom. The van der Waals surface area contributed by atoms with Crippen molar-refractivity contribution in [1.29, 1.82) is 0 Å². The number of anilines is 1. The lowest BCUT2D eigenvalue weighted by Crippen LogP contribution is -2.04. The van der Waals surface area contributed by atoms with Gasteiger partial charge in [-0.05, 0) is 35.9 Å². The molecule has 0 unspecified atom stereocenters. The molecule has 100 valence electrons. The molecule has 1 heterocycles. The Bertz CT molecular complexity index is 675. The van der Waals surface area contributed by atoms with Crippen LogP contribution in [-0.4, -0.2) is 9.78 Å². The number of hydrogen-bond donors (Lipinski definition) is 1. The minimum absolute atomic E-state index is 0.217. The Morgan fingerprint density at radius 2 is 1.80 bits per heavy atom. The molecule has 1 aromatic heterocycles. The number of nitrogens with one attached hydrogen (secondary N) is 1. The Labute approximate surface area is 116 Å². The summed E-state index contributed by atoms with van der Waals surface area (Å²) in [4.78, 5) is 0. The highest BCUT2D eigenvalue weighted by Gasteiger charge is 2.03. The van der Waals surface area contributed by atoms with Gasteiger partial charge in [-0.2, -0.15) is 5.10 Å². The number of hydrogen-bond acceptors (Lipinski definition) is 2. The number of nitrogens with zero attached hydrogens (tertiary/aromatic N) is 2. The molecule has 1 N–H and O–H groups in total. The fourth-order valence-electron chi connectivity index (χ4n) is 2.03. The van der Waals surface area contributed by atoms with Crippen molar-refractivity contribution in [3.05, 3.63) is 78.4 Å². The molecule has 0 radical (unpaired) electrons. The Hall–Kier alpha value is -2.62. The van der Waals surface area contributed by atoms with E-state index in [9.17, 15) is 4.39 Å². The summed E-state index contributed by atoms with van der Waals surface area (Å²) in [5.74, 6) is -0.217. The van der Waals surface area contributed by atoms with Crippen LogP contribution in [0.4, 0.5) is 10.1 Å². The van der Waals surface area contributed by atoms with E-state index in [0.717, 1.165) is 16.9 Å². The Kier molecular flexibility index (Phi) is 3.46. The van der Waals surface area contributed by atoms with Crippen molar-refractivity contribution in [3.8, 4) is 5.69 Å². The van der Waals surface area contributed by atoms with Gasteiger partial charge in [0.05, 0.1) is 11.4 Å². The van der Waals surface area contributed by atoms with Gasteiger partial charge in [0, 0.05) is 18.9 Å². The molecule has 0 saturated carbocycles. The maximum absolute atomic E-state index is 12.9. The van der Waals surface area contributed by atoms with Crippen LogP contribution in [0.3, 0.4) is 0 Å². The number of benzene rings is 2. The Balaban J connectivity index is 1.79. The largest absolute Gasteiger partial charge is 0.379 e. The zero-order valence-electron chi connectivity index (χ0n) is 10.8. The van der Waals surface area contributed by atoms with Gasteiger partial charge in [0.1, 0.15) is 5.82 Å². The lowest BCUT2D eigenvalue weighted by Gasteiger charge is -2.12. The third-order valence-corrected chi connectivity index (χ3v) is 3.05. The van der Waals surface area contributed by atoms with Crippen LogP contribution in [0.2, 0.25) is 0 Å². The molecule has 0 aliphatic carbocycles. The van der Waals surface area contributed by atoms with Crippen molar-refractivity contribution in [3.63, 3.8) is 0 Å². The van der Waals surface area contributed by atoms with E-state index in [1.165, 1.54) is 12.1 Å². The van der Waals surface area contributed by atoms with E-state index < -0.39 is 0 Å². The van der Waals surface area contributed by atoms with Crippen LogP contribution in [0.25, 0.3) is 5.69 Å². The van der Waals surface area contributed by atoms with Gasteiger partial charge in [-0.3, -0.25) is 0 Å². The first-order chi connectivity index (χ1) is 9.83. The van der Waals surface area contributed by atoms with Crippen molar-refractivity contribution in [1.82, 2.24) is 9.78 Å². The van der Waals surface area contributed by atoms with Crippen LogP contribution < -0.4 is 5.32 Å². The zero-order valence-corrected chi connectivity index (χ0v) is 10.8. The van der Waals surface area contributed by atoms with Crippen molar-refractivity contribution < 1.29 is 4.39 Å². The molecular weight excluding hydrogens is 253 g/mol. The molecule has 0 aliphatic heterocycles. The van der Waals surface area contributed by atoms with E-state index in [4.69, 9.17) is 0 Å². The minimum atomic E-state index is -0.217. The van der Waals surface area contributed by atoms with Gasteiger partial charge in [-0.15, -0.1) is 0 Å². The van der Waals surface area contributed by atoms with E-state index in [1.807, 2.05) is 41.2 Å². The number of aromatic nitrogens is 2. The first kappa shape index (κ1) is 12.4. The fourth-order valence-corrected chi connectivity index (χ4v) is 2.03. The fraction of sp³-hybridized carbons (Fsp3) is 0.0625. The summed E-state index contributed by atoms with van der Waals surface area (Å²) < 4.78 is 14.7. The number of rotatable bonds is 4. The zero-order chi connectivity index (χ0) is 13.8. The summed E-state index contributed by atoms with van der Waals surface area (Å²) in [7, 11) is 0. The summed E-state index contributed by atoms with van der Waals surface area (Å²) in [5, 5.41) is 7.59. The van der Waals surface area contributed by atoms with Crippen molar-refractivity contribution in [2.45, 2.75) is 6.54 Å². The molecule has 3 nitrogen and oxygen atoms in total. The summed E-state index contributed by atoms with van der Waals surface area (Å²) in [5.41, 5.74) is 3.00. The van der Waals surface area contributed by atoms with Gasteiger partial charge >= 0.3 is 0 Å². The maximum Gasteiger partial charge on any atom is 0.123 e. The molecule has 0 fully saturated rings. The summed E-state index contributed by atoms with van der Waals surface area (Å²) in [6.45, 7) is 0.637. The van der Waals surface area contributed by atoms with Gasteiger partial charge in [0.15, 0.2) is 0 Å². The topological polar surface area (TPSA) is 29.9 Å². The monoisotopic (exact) mass is 267 g/mol. The SMILES string of the molecule is Fc1ccc(CNc2ccccc2-n2cccn2)cc1. The second kappa shape index (κ2) is 5.57. The van der Waals surface area contributed by atoms with Crippen molar-refractivity contribution in [2.24, 2.45) is 0 Å². The number of halogens is 1. The molecule has 0 aliphatic rings. The number of para-hydroxylation sites is 2. The molecule has 0 spiro atoms. The Morgan fingerprint density at radius 3 is 2.55 bits per heavy atom. The maximum atomic E-state index is 12.9. The first-order valence-corrected chi connectivity index (χ1v) is 6.40. The van der Waals surface area contributed by atoms with E-state index in [1.54, 1.807) is 18.3 Å². The molecule has 2 aromatic carbocycles. The standard InChI is InChI=1S/C16H14FN3/c17-14-8-6-13(7-9-14)12-18-15-4-1-2-5-16(15)20-11-3-10-19-20/h1-11,18H,12H2. The van der Waals surface area contributed by atoms with E-state index in [2.05, 4.69) is 10.4 Å². The van der Waals surface area contributed by atoms with E-state index in [0.29, 0.717) is 6.54 Å². The minimum Gasteiger partial charge on any atom is -0.379 e. The van der Waals surface area contributed by atoms with Crippen LogP contribution in [0.15, 0.2) is 67.0 Å². The molecule has 3 aromatic rings. The molecule has 20 heavy (non-hydrogen) atoms. The summed E-state index contributed by atoms with van der Waals surface area (Å²) >= 11 is 0. The highest BCUT2D eigenvalue weighted by Crippen LogP contribution is 2.19. The predicted molar refractivity (Wildman–Crippen MR) is 77.3 cm³/mol. The van der Waals surface area contributed by atoms with Crippen molar-refractivity contribution >= 4 is 5.69 Å². The molecule has 0 atom stereocenters. The second-order valence-corrected chi connectivity index (χ2v) is 4.45. The molecule has 3 rings (SSSR count). The third kappa shape index (κ3) is 2.69. The highest BCUT2D eigenvalue weighted by atomic mass is 19.1. The normalized spacial score (nSPS) is 10.4. The van der Waals surface area contributed by atoms with Gasteiger partial charge < -0.3 is 5.32 Å². The molecule has 0 bridgehead atoms. The van der Waals surface area contributed by atoms with E-state index in [-0.39, 0.29) is 5.82 Å². The lowest BCUT2D eigenvalue weighted by atomic mass is 10.2. The highest BCUT2D eigenvalue weighted by molar-refractivity contribution is 5.60. The molecular formula is C16H14FN3. The van der Waals surface area contributed by atoms with Gasteiger partial charge in [-0.25, -0.2) is 9.07 Å². The molecule has 0 saturated heterocycles. The van der Waals surface area contributed by atoms with E-state index >= 15 is 0 Å². The predicted octanol–water partition coefficient (Wildman–Crippen LogP) is 3.62. The van der Waals surface area contributed by atoms with Crippen molar-refractivity contribution in [2.75, 3.05) is 5.32 Å². The smallest absolute Gasteiger partial charge is 0.123 e. The van der Waals surface area contributed by atoms with Crippen LogP contribution in [0.5, 0.6) is 0 Å². The van der Waals surface area contributed by atoms with Gasteiger partial charge in [-0.1, -0.05) is 24.3 Å². The van der Waals surface area contributed by atoms with Crippen LogP contribution in [-0.2, 0) is 6.54 Å². The van der Waals surface area contributed by atoms with Crippen LogP contribution in [0.1, 0.15) is 5.56 Å². The average Bonchev–Trinajstić information content (AvgIpc) is 3.01. The van der Waals surface area contributed by atoms with Crippen LogP contribution in [0, 0.1) is 5.82 Å². The quantitative estimate of drug-likeness (QED) is 0.782. The second-order valence-electron chi connectivity index (χ2n) is 4.45.